The molecule has 6 rings (SSSR count). The van der Waals surface area contributed by atoms with Crippen LogP contribution in [0.25, 0.3) is 28.2 Å². The van der Waals surface area contributed by atoms with Crippen molar-refractivity contribution in [1.29, 1.82) is 0 Å². The molecule has 5 aromatic rings. The van der Waals surface area contributed by atoms with Gasteiger partial charge in [-0.3, -0.25) is 14.7 Å². The zero-order valence-corrected chi connectivity index (χ0v) is 21.7. The maximum absolute atomic E-state index is 13.5. The lowest BCUT2D eigenvalue weighted by molar-refractivity contribution is 0.203. The SMILES string of the molecule is Cc1ccc(-n2cnnn2)c(-c2cc3n(c(=O)c2)[C@H](c2nc(-c4ccc(N(C)C(=O)O)cn4)c(Cl)[nH]2)CC3)c1. The Morgan fingerprint density at radius 3 is 2.77 bits per heavy atom. The molecule has 1 aromatic carbocycles. The van der Waals surface area contributed by atoms with Crippen molar-refractivity contribution in [2.45, 2.75) is 25.8 Å². The smallest absolute Gasteiger partial charge is 0.411 e. The highest BCUT2D eigenvalue weighted by Gasteiger charge is 2.29. The molecule has 4 aromatic heterocycles. The summed E-state index contributed by atoms with van der Waals surface area (Å²) in [6.45, 7) is 1.99. The molecule has 0 saturated carbocycles. The fourth-order valence-corrected chi connectivity index (χ4v) is 5.13. The minimum atomic E-state index is -1.09. The van der Waals surface area contributed by atoms with Crippen molar-refractivity contribution >= 4 is 23.4 Å². The Bertz CT molecular complexity index is 1760. The number of halogens is 1. The number of aromatic nitrogens is 8. The monoisotopic (exact) mass is 543 g/mol. The highest BCUT2D eigenvalue weighted by molar-refractivity contribution is 6.31. The molecule has 0 radical (unpaired) electrons. The molecule has 0 aliphatic carbocycles. The number of tetrazole rings is 1. The van der Waals surface area contributed by atoms with Gasteiger partial charge in [0, 0.05) is 24.4 Å². The quantitative estimate of drug-likeness (QED) is 0.339. The number of anilines is 1. The topological polar surface area (TPSA) is 148 Å². The van der Waals surface area contributed by atoms with Crippen molar-refractivity contribution in [1.82, 2.24) is 39.7 Å². The second-order valence-corrected chi connectivity index (χ2v) is 9.68. The van der Waals surface area contributed by atoms with E-state index in [2.05, 4.69) is 30.5 Å². The molecule has 0 unspecified atom stereocenters. The summed E-state index contributed by atoms with van der Waals surface area (Å²) in [5.41, 5.74) is 5.55. The minimum Gasteiger partial charge on any atom is -0.465 e. The van der Waals surface area contributed by atoms with Gasteiger partial charge >= 0.3 is 6.09 Å². The first-order valence-electron chi connectivity index (χ1n) is 12.1. The number of benzene rings is 1. The van der Waals surface area contributed by atoms with Crippen LogP contribution in [0.4, 0.5) is 10.5 Å². The Kier molecular flexibility index (Phi) is 5.95. The van der Waals surface area contributed by atoms with Gasteiger partial charge < -0.3 is 14.7 Å². The Morgan fingerprint density at radius 1 is 1.21 bits per heavy atom. The number of rotatable bonds is 5. The third-order valence-corrected chi connectivity index (χ3v) is 7.12. The van der Waals surface area contributed by atoms with Crippen LogP contribution in [0.2, 0.25) is 5.15 Å². The number of nitrogens with zero attached hydrogens (tertiary/aromatic N) is 8. The number of carboxylic acid groups (broad SMARTS) is 1. The number of pyridine rings is 2. The predicted octanol–water partition coefficient (Wildman–Crippen LogP) is 3.89. The molecule has 196 valence electrons. The standard InChI is InChI=1S/C26H22ClN9O3/c1-14-3-7-20(35-13-29-32-33-35)18(9-14)15-10-16-5-8-21(36(16)22(37)11-15)25-30-23(24(27)31-25)19-6-4-17(12-28-19)34(2)26(38)39/h3-4,6-7,9-13,21H,5,8H2,1-2H3,(H,30,31)(H,38,39)/t21-/m0/s1. The van der Waals surface area contributed by atoms with Crippen LogP contribution < -0.4 is 10.5 Å². The summed E-state index contributed by atoms with van der Waals surface area (Å²) in [6.07, 6.45) is 3.23. The molecule has 39 heavy (non-hydrogen) atoms. The van der Waals surface area contributed by atoms with Gasteiger partial charge in [0.05, 0.1) is 29.3 Å². The summed E-state index contributed by atoms with van der Waals surface area (Å²) < 4.78 is 3.32. The normalized spacial score (nSPS) is 14.4. The first-order chi connectivity index (χ1) is 18.8. The highest BCUT2D eigenvalue weighted by Crippen LogP contribution is 2.35. The van der Waals surface area contributed by atoms with Crippen LogP contribution in [0.15, 0.2) is 59.8 Å². The lowest BCUT2D eigenvalue weighted by Gasteiger charge is -2.15. The number of amides is 1. The summed E-state index contributed by atoms with van der Waals surface area (Å²) in [5, 5.41) is 21.0. The van der Waals surface area contributed by atoms with E-state index < -0.39 is 6.09 Å². The molecule has 0 fully saturated rings. The summed E-state index contributed by atoms with van der Waals surface area (Å²) in [6, 6.07) is 12.5. The molecule has 0 bridgehead atoms. The molecule has 5 heterocycles. The zero-order chi connectivity index (χ0) is 27.3. The molecule has 13 heteroatoms. The van der Waals surface area contributed by atoms with E-state index in [1.165, 1.54) is 19.6 Å². The molecule has 0 saturated heterocycles. The van der Waals surface area contributed by atoms with Gasteiger partial charge in [-0.2, -0.15) is 4.68 Å². The van der Waals surface area contributed by atoms with Gasteiger partial charge in [0.25, 0.3) is 5.56 Å². The second kappa shape index (κ2) is 9.48. The van der Waals surface area contributed by atoms with Crippen LogP contribution in [0.1, 0.15) is 29.5 Å². The lowest BCUT2D eigenvalue weighted by atomic mass is 10.0. The molecule has 1 atom stereocenters. The van der Waals surface area contributed by atoms with Crippen molar-refractivity contribution in [3.8, 4) is 28.2 Å². The number of H-pyrrole nitrogens is 1. The van der Waals surface area contributed by atoms with E-state index in [0.717, 1.165) is 33.0 Å². The number of aromatic amines is 1. The van der Waals surface area contributed by atoms with Crippen molar-refractivity contribution in [3.05, 3.63) is 87.6 Å². The fraction of sp³-hybridized carbons (Fsp3) is 0.192. The first kappa shape index (κ1) is 24.5. The third-order valence-electron chi connectivity index (χ3n) is 6.85. The van der Waals surface area contributed by atoms with E-state index >= 15 is 0 Å². The summed E-state index contributed by atoms with van der Waals surface area (Å²) in [5.74, 6) is 0.557. The second-order valence-electron chi connectivity index (χ2n) is 9.30. The summed E-state index contributed by atoms with van der Waals surface area (Å²) in [7, 11) is 1.44. The Balaban J connectivity index is 1.35. The van der Waals surface area contributed by atoms with Crippen LogP contribution in [-0.2, 0) is 6.42 Å². The van der Waals surface area contributed by atoms with E-state index in [0.29, 0.717) is 40.9 Å². The molecule has 0 spiro atoms. The van der Waals surface area contributed by atoms with Gasteiger partial charge in [0.1, 0.15) is 23.0 Å². The van der Waals surface area contributed by atoms with Gasteiger partial charge in [-0.05, 0) is 66.1 Å². The average Bonchev–Trinajstić information content (AvgIpc) is 3.68. The molecule has 1 aliphatic heterocycles. The molecule has 1 amide bonds. The third kappa shape index (κ3) is 4.34. The fourth-order valence-electron chi connectivity index (χ4n) is 4.89. The Hall–Kier alpha value is -4.84. The van der Waals surface area contributed by atoms with Crippen molar-refractivity contribution in [2.24, 2.45) is 0 Å². The van der Waals surface area contributed by atoms with E-state index in [1.807, 2.05) is 31.2 Å². The summed E-state index contributed by atoms with van der Waals surface area (Å²) >= 11 is 6.50. The van der Waals surface area contributed by atoms with Gasteiger partial charge in [0.15, 0.2) is 0 Å². The van der Waals surface area contributed by atoms with Gasteiger partial charge in [-0.15, -0.1) is 5.10 Å². The highest BCUT2D eigenvalue weighted by atomic mass is 35.5. The van der Waals surface area contributed by atoms with Crippen molar-refractivity contribution in [3.63, 3.8) is 0 Å². The number of aryl methyl sites for hydroxylation is 2. The van der Waals surface area contributed by atoms with Gasteiger partial charge in [0.2, 0.25) is 0 Å². The van der Waals surface area contributed by atoms with Gasteiger partial charge in [-0.1, -0.05) is 23.2 Å². The Labute approximate surface area is 226 Å². The number of carbonyl (C=O) groups is 1. The maximum atomic E-state index is 13.5. The molecule has 12 nitrogen and oxygen atoms in total. The largest absolute Gasteiger partial charge is 0.465 e. The van der Waals surface area contributed by atoms with Crippen LogP contribution in [0.5, 0.6) is 0 Å². The number of fused-ring (bicyclic) bond motifs is 1. The van der Waals surface area contributed by atoms with Crippen LogP contribution in [0.3, 0.4) is 0 Å². The van der Waals surface area contributed by atoms with E-state index in [-0.39, 0.29) is 11.6 Å². The maximum Gasteiger partial charge on any atom is 0.411 e. The average molecular weight is 544 g/mol. The number of hydrogen-bond donors (Lipinski definition) is 2. The Morgan fingerprint density at radius 2 is 2.05 bits per heavy atom. The van der Waals surface area contributed by atoms with Crippen LogP contribution in [0, 0.1) is 6.92 Å². The number of imidazole rings is 1. The molecule has 2 N–H and O–H groups in total. The number of hydrogen-bond acceptors (Lipinski definition) is 7. The minimum absolute atomic E-state index is 0.151. The molecular weight excluding hydrogens is 522 g/mol. The van der Waals surface area contributed by atoms with E-state index in [4.69, 9.17) is 16.7 Å². The first-order valence-corrected chi connectivity index (χ1v) is 12.5. The van der Waals surface area contributed by atoms with Crippen LogP contribution in [-0.4, -0.2) is 58.0 Å². The lowest BCUT2D eigenvalue weighted by Crippen LogP contribution is -2.24. The van der Waals surface area contributed by atoms with Crippen molar-refractivity contribution < 1.29 is 9.90 Å². The predicted molar refractivity (Wildman–Crippen MR) is 143 cm³/mol. The van der Waals surface area contributed by atoms with Crippen LogP contribution >= 0.6 is 11.6 Å². The van der Waals surface area contributed by atoms with Gasteiger partial charge in [-0.25, -0.2) is 9.78 Å². The van der Waals surface area contributed by atoms with E-state index in [9.17, 15) is 9.59 Å². The summed E-state index contributed by atoms with van der Waals surface area (Å²) in [4.78, 5) is 37.9. The van der Waals surface area contributed by atoms with Crippen molar-refractivity contribution in [2.75, 3.05) is 11.9 Å². The molecular formula is C26H22ClN9O3. The zero-order valence-electron chi connectivity index (χ0n) is 20.9. The molecule has 1 aliphatic rings. The number of nitrogens with one attached hydrogen (secondary N) is 1. The van der Waals surface area contributed by atoms with E-state index in [1.54, 1.807) is 27.4 Å².